The van der Waals surface area contributed by atoms with Crippen molar-refractivity contribution >= 4 is 47.3 Å². The zero-order valence-corrected chi connectivity index (χ0v) is 45.8. The van der Waals surface area contributed by atoms with Crippen molar-refractivity contribution in [3.63, 3.8) is 0 Å². The van der Waals surface area contributed by atoms with Crippen LogP contribution in [-0.2, 0) is 51.2 Å². The van der Waals surface area contributed by atoms with Crippen LogP contribution in [0.4, 0.5) is 0 Å². The number of benzene rings is 2. The number of likely N-dealkylation sites (N-methyl/N-ethyl adjacent to an activating group) is 2. The van der Waals surface area contributed by atoms with Crippen molar-refractivity contribution in [2.45, 2.75) is 181 Å². The van der Waals surface area contributed by atoms with Gasteiger partial charge in [-0.1, -0.05) is 104 Å². The number of carbonyl (C=O) groups excluding carboxylic acids is 8. The molecule has 74 heavy (non-hydrogen) atoms. The van der Waals surface area contributed by atoms with Crippen LogP contribution in [-0.4, -0.2) is 133 Å². The third-order valence-corrected chi connectivity index (χ3v) is 15.9. The van der Waals surface area contributed by atoms with E-state index in [1.807, 2.05) is 77.9 Å². The van der Waals surface area contributed by atoms with Crippen LogP contribution >= 0.6 is 0 Å². The topological polar surface area (TPSA) is 239 Å². The van der Waals surface area contributed by atoms with E-state index < -0.39 is 94.6 Å². The Labute approximate surface area is 438 Å². The van der Waals surface area contributed by atoms with Crippen LogP contribution in [0.5, 0.6) is 0 Å². The number of fused-ring (bicyclic) bond motifs is 2. The fourth-order valence-electron chi connectivity index (χ4n) is 10.8. The summed E-state index contributed by atoms with van der Waals surface area (Å²) in [5.74, 6) is -5.02. The molecule has 2 aliphatic carbocycles. The van der Waals surface area contributed by atoms with Gasteiger partial charge in [-0.05, 0) is 112 Å². The van der Waals surface area contributed by atoms with Crippen molar-refractivity contribution in [1.29, 1.82) is 0 Å². The highest BCUT2D eigenvalue weighted by molar-refractivity contribution is 5.96. The fourth-order valence-corrected chi connectivity index (χ4v) is 10.8. The minimum absolute atomic E-state index is 0.00699. The predicted molar refractivity (Wildman–Crippen MR) is 283 cm³/mol. The molecule has 0 radical (unpaired) electrons. The summed E-state index contributed by atoms with van der Waals surface area (Å²) < 4.78 is 0. The average Bonchev–Trinajstić information content (AvgIpc) is 4.00. The van der Waals surface area contributed by atoms with E-state index in [0.717, 1.165) is 60.8 Å². The molecule has 0 bridgehead atoms. The van der Waals surface area contributed by atoms with Gasteiger partial charge in [0.1, 0.15) is 24.2 Å². The van der Waals surface area contributed by atoms with Crippen molar-refractivity contribution in [3.8, 4) is 0 Å². The van der Waals surface area contributed by atoms with Crippen LogP contribution in [0.1, 0.15) is 142 Å². The molecule has 0 aromatic heterocycles. The summed E-state index contributed by atoms with van der Waals surface area (Å²) in [5.41, 5.74) is 2.91. The molecule has 2 aromatic carbocycles. The lowest BCUT2D eigenvalue weighted by Gasteiger charge is -2.36. The molecule has 0 spiro atoms. The lowest BCUT2D eigenvalue weighted by atomic mass is 9.85. The largest absolute Gasteiger partial charge is 0.351 e. The normalized spacial score (nSPS) is 24.1. The summed E-state index contributed by atoms with van der Waals surface area (Å²) in [6, 6.07) is 9.06. The maximum absolute atomic E-state index is 14.7. The quantitative estimate of drug-likeness (QED) is 0.115. The van der Waals surface area contributed by atoms with E-state index in [2.05, 4.69) is 54.7 Å². The van der Waals surface area contributed by atoms with Crippen molar-refractivity contribution in [2.75, 3.05) is 27.2 Å². The summed E-state index contributed by atoms with van der Waals surface area (Å²) in [6.07, 6.45) is 5.25. The lowest BCUT2D eigenvalue weighted by Crippen LogP contribution is -2.59. The maximum atomic E-state index is 14.7. The van der Waals surface area contributed by atoms with Gasteiger partial charge in [0, 0.05) is 37.0 Å². The summed E-state index contributed by atoms with van der Waals surface area (Å²) >= 11 is 0. The first-order chi connectivity index (χ1) is 34.8. The molecule has 18 nitrogen and oxygen atoms in total. The Balaban J connectivity index is 1.18. The number of hydrogen-bond acceptors (Lipinski definition) is 10. The van der Waals surface area contributed by atoms with E-state index in [1.54, 1.807) is 41.8 Å². The molecule has 2 aliphatic heterocycles. The van der Waals surface area contributed by atoms with E-state index >= 15 is 0 Å². The van der Waals surface area contributed by atoms with E-state index in [-0.39, 0.29) is 61.6 Å². The highest BCUT2D eigenvalue weighted by Crippen LogP contribution is 2.34. The summed E-state index contributed by atoms with van der Waals surface area (Å²) in [5, 5.41) is 24.2. The highest BCUT2D eigenvalue weighted by Gasteiger charge is 2.48. The fraction of sp³-hybridized carbons (Fsp3) is 0.643. The highest BCUT2D eigenvalue weighted by atomic mass is 16.2. The lowest BCUT2D eigenvalue weighted by molar-refractivity contribution is -0.144. The number of amides is 8. The van der Waals surface area contributed by atoms with Gasteiger partial charge in [0.15, 0.2) is 0 Å². The van der Waals surface area contributed by atoms with E-state index in [0.29, 0.717) is 0 Å². The Bertz CT molecular complexity index is 2230. The smallest absolute Gasteiger partial charge is 0.246 e. The monoisotopic (exact) mass is 1020 g/mol. The number of nitrogens with one attached hydrogen (secondary N) is 8. The second kappa shape index (κ2) is 24.2. The number of carbonyl (C=O) groups is 8. The predicted octanol–water partition coefficient (Wildman–Crippen LogP) is 3.10. The first-order valence-electron chi connectivity index (χ1n) is 26.8. The van der Waals surface area contributed by atoms with E-state index in [4.69, 9.17) is 0 Å². The number of hydrogen-bond donors (Lipinski definition) is 8. The number of nitrogens with zero attached hydrogens (tertiary/aromatic N) is 2. The molecular formula is C56H84N10O8. The molecule has 3 unspecified atom stereocenters. The molecule has 406 valence electrons. The molecule has 6 rings (SSSR count). The van der Waals surface area contributed by atoms with Gasteiger partial charge in [-0.2, -0.15) is 0 Å². The van der Waals surface area contributed by atoms with Crippen molar-refractivity contribution in [2.24, 2.45) is 22.7 Å². The van der Waals surface area contributed by atoms with Gasteiger partial charge < -0.3 is 52.3 Å². The zero-order valence-electron chi connectivity index (χ0n) is 45.8. The molecule has 18 heteroatoms. The molecule has 2 fully saturated rings. The Kier molecular flexibility index (Phi) is 18.8. The van der Waals surface area contributed by atoms with Crippen LogP contribution in [0.2, 0.25) is 0 Å². The minimum Gasteiger partial charge on any atom is -0.351 e. The van der Waals surface area contributed by atoms with Gasteiger partial charge in [-0.15, -0.1) is 0 Å². The molecule has 8 amide bonds. The van der Waals surface area contributed by atoms with Crippen molar-refractivity contribution < 1.29 is 38.4 Å². The van der Waals surface area contributed by atoms with Gasteiger partial charge in [0.25, 0.3) is 0 Å². The van der Waals surface area contributed by atoms with Crippen LogP contribution in [0.3, 0.4) is 0 Å². The third kappa shape index (κ3) is 13.5. The van der Waals surface area contributed by atoms with Gasteiger partial charge in [-0.25, -0.2) is 0 Å². The molecular weight excluding hydrogens is 941 g/mol. The second-order valence-corrected chi connectivity index (χ2v) is 23.4. The molecule has 12 atom stereocenters. The van der Waals surface area contributed by atoms with Gasteiger partial charge >= 0.3 is 0 Å². The zero-order chi connectivity index (χ0) is 54.4. The Hall–Kier alpha value is -5.88. The Morgan fingerprint density at radius 1 is 0.514 bits per heavy atom. The van der Waals surface area contributed by atoms with Crippen LogP contribution in [0.15, 0.2) is 48.5 Å². The number of rotatable bonds is 17. The molecule has 4 aliphatic rings. The van der Waals surface area contributed by atoms with Crippen LogP contribution < -0.4 is 42.5 Å². The van der Waals surface area contributed by atoms with Crippen LogP contribution in [0.25, 0.3) is 0 Å². The Morgan fingerprint density at radius 3 is 1.20 bits per heavy atom. The third-order valence-electron chi connectivity index (χ3n) is 15.9. The standard InChI is InChI=1S/C56H84N10O8/c1-31(47(67)59-37-27-43(51(71)61-41-25-17-21-35-19-13-15-23-39(35)41)65(29-37)53(73)45(55(5,6)7)63-49(69)33(3)57-11)32(2)48(68)60-38-28-44(52(72)62-42-26-18-22-36-20-14-16-24-40(36)42)66(30-38)54(74)46(56(8,9)10)64-50(70)34(4)58-12/h13-16,19-20,23-24,31-34,37-38,41-46,57-58H,17-18,21-22,25-30H2,1-12H3,(H,59,67)(H,60,68)(H,61,71)(H,62,72)(H,63,69)(H,64,70)/t31?,32?,33-,34-,37-,38?,41+,42+,43-,44-,45+,46+/m0/s1. The SMILES string of the molecule is CN[C@@H](C)C(=O)N[C@H](C(=O)N1CC(NC(=O)C(C)C(C)C(=O)N[C@H]2C[C@@H](C(=O)N[C@@H]3CCCc4ccccc43)N(C(=O)[C@@H](NC(=O)[C@H](C)NC)C(C)(C)C)C2)C[C@H]1C(=O)N[C@@H]1CCCc2ccccc21)C(C)(C)C. The second-order valence-electron chi connectivity index (χ2n) is 23.4. The van der Waals surface area contributed by atoms with Gasteiger partial charge in [0.2, 0.25) is 47.3 Å². The van der Waals surface area contributed by atoms with Crippen molar-refractivity contribution in [3.05, 3.63) is 70.8 Å². The first-order valence-corrected chi connectivity index (χ1v) is 26.8. The number of aryl methyl sites for hydroxylation is 2. The van der Waals surface area contributed by atoms with Gasteiger partial charge in [-0.3, -0.25) is 38.4 Å². The molecule has 2 aromatic rings. The summed E-state index contributed by atoms with van der Waals surface area (Å²) in [4.78, 5) is 116. The maximum Gasteiger partial charge on any atom is 0.246 e. The molecule has 0 saturated carbocycles. The summed E-state index contributed by atoms with van der Waals surface area (Å²) in [7, 11) is 3.31. The summed E-state index contributed by atoms with van der Waals surface area (Å²) in [6.45, 7) is 17.7. The minimum atomic E-state index is -0.995. The average molecular weight is 1030 g/mol. The van der Waals surface area contributed by atoms with Gasteiger partial charge in [0.05, 0.1) is 24.2 Å². The van der Waals surface area contributed by atoms with Crippen molar-refractivity contribution in [1.82, 2.24) is 52.3 Å². The Morgan fingerprint density at radius 2 is 0.865 bits per heavy atom. The first kappa shape index (κ1) is 57.4. The van der Waals surface area contributed by atoms with E-state index in [1.165, 1.54) is 9.80 Å². The number of likely N-dealkylation sites (tertiary alicyclic amines) is 2. The van der Waals surface area contributed by atoms with Crippen LogP contribution in [0, 0.1) is 22.7 Å². The van der Waals surface area contributed by atoms with E-state index in [9.17, 15) is 38.4 Å². The molecule has 8 N–H and O–H groups in total. The molecule has 2 heterocycles. The molecule has 2 saturated heterocycles.